The summed E-state index contributed by atoms with van der Waals surface area (Å²) in [7, 11) is 0. The molecule has 130 valence electrons. The van der Waals surface area contributed by atoms with E-state index in [2.05, 4.69) is 24.8 Å². The van der Waals surface area contributed by atoms with Crippen molar-refractivity contribution in [3.63, 3.8) is 0 Å². The second kappa shape index (κ2) is 9.18. The quantitative estimate of drug-likeness (QED) is 0.688. The SMILES string of the molecule is CCCN(CCOc1ccccc1C)CCc1ccc(O)c(O)c1. The van der Waals surface area contributed by atoms with Gasteiger partial charge in [0.1, 0.15) is 12.4 Å². The first-order chi connectivity index (χ1) is 11.6. The number of hydrogen-bond acceptors (Lipinski definition) is 4. The van der Waals surface area contributed by atoms with Crippen molar-refractivity contribution >= 4 is 0 Å². The van der Waals surface area contributed by atoms with E-state index in [4.69, 9.17) is 4.74 Å². The molecule has 0 heterocycles. The van der Waals surface area contributed by atoms with Crippen LogP contribution < -0.4 is 4.74 Å². The maximum atomic E-state index is 9.58. The van der Waals surface area contributed by atoms with E-state index in [0.717, 1.165) is 49.4 Å². The number of phenols is 2. The van der Waals surface area contributed by atoms with Gasteiger partial charge in [-0.25, -0.2) is 0 Å². The van der Waals surface area contributed by atoms with E-state index in [9.17, 15) is 10.2 Å². The van der Waals surface area contributed by atoms with Crippen LogP contribution in [0.2, 0.25) is 0 Å². The van der Waals surface area contributed by atoms with Crippen molar-refractivity contribution in [2.45, 2.75) is 26.7 Å². The summed E-state index contributed by atoms with van der Waals surface area (Å²) in [5.41, 5.74) is 2.17. The average molecular weight is 329 g/mol. The van der Waals surface area contributed by atoms with E-state index in [1.807, 2.05) is 24.3 Å². The van der Waals surface area contributed by atoms with E-state index in [-0.39, 0.29) is 11.5 Å². The molecule has 2 rings (SSSR count). The third-order valence-corrected chi connectivity index (χ3v) is 4.06. The summed E-state index contributed by atoms with van der Waals surface area (Å²) >= 11 is 0. The molecule has 0 unspecified atom stereocenters. The predicted molar refractivity (Wildman–Crippen MR) is 96.9 cm³/mol. The van der Waals surface area contributed by atoms with Crippen molar-refractivity contribution in [2.75, 3.05) is 26.2 Å². The fourth-order valence-corrected chi connectivity index (χ4v) is 2.67. The van der Waals surface area contributed by atoms with Gasteiger partial charge in [0.25, 0.3) is 0 Å². The van der Waals surface area contributed by atoms with Gasteiger partial charge in [0.15, 0.2) is 11.5 Å². The van der Waals surface area contributed by atoms with Crippen LogP contribution in [-0.4, -0.2) is 41.4 Å². The Morgan fingerprint density at radius 2 is 1.75 bits per heavy atom. The summed E-state index contributed by atoms with van der Waals surface area (Å²) in [6, 6.07) is 13.1. The number of ether oxygens (including phenoxy) is 1. The maximum absolute atomic E-state index is 9.58. The normalized spacial score (nSPS) is 11.0. The number of aryl methyl sites for hydroxylation is 1. The zero-order valence-electron chi connectivity index (χ0n) is 14.5. The summed E-state index contributed by atoms with van der Waals surface area (Å²) in [6.45, 7) is 7.66. The highest BCUT2D eigenvalue weighted by Crippen LogP contribution is 2.25. The van der Waals surface area contributed by atoms with Crippen LogP contribution >= 0.6 is 0 Å². The van der Waals surface area contributed by atoms with E-state index in [1.54, 1.807) is 6.07 Å². The molecule has 0 saturated heterocycles. The molecule has 0 spiro atoms. The van der Waals surface area contributed by atoms with Crippen LogP contribution in [0.4, 0.5) is 0 Å². The molecular formula is C20H27NO3. The van der Waals surface area contributed by atoms with Gasteiger partial charge in [-0.15, -0.1) is 0 Å². The Morgan fingerprint density at radius 3 is 2.46 bits per heavy atom. The molecule has 0 aliphatic carbocycles. The summed E-state index contributed by atoms with van der Waals surface area (Å²) in [6.07, 6.45) is 1.92. The van der Waals surface area contributed by atoms with Gasteiger partial charge in [-0.1, -0.05) is 31.2 Å². The lowest BCUT2D eigenvalue weighted by molar-refractivity contribution is 0.209. The van der Waals surface area contributed by atoms with Crippen molar-refractivity contribution in [2.24, 2.45) is 0 Å². The Balaban J connectivity index is 1.82. The monoisotopic (exact) mass is 329 g/mol. The van der Waals surface area contributed by atoms with Crippen LogP contribution in [0, 0.1) is 6.92 Å². The lowest BCUT2D eigenvalue weighted by Crippen LogP contribution is -2.31. The molecule has 0 atom stereocenters. The summed E-state index contributed by atoms with van der Waals surface area (Å²) in [4.78, 5) is 2.36. The van der Waals surface area contributed by atoms with Crippen LogP contribution in [0.15, 0.2) is 42.5 Å². The van der Waals surface area contributed by atoms with Gasteiger partial charge >= 0.3 is 0 Å². The van der Waals surface area contributed by atoms with Crippen LogP contribution in [0.1, 0.15) is 24.5 Å². The Hall–Kier alpha value is -2.20. The first-order valence-electron chi connectivity index (χ1n) is 8.51. The molecule has 2 aromatic rings. The molecule has 0 aromatic heterocycles. The topological polar surface area (TPSA) is 52.9 Å². The van der Waals surface area contributed by atoms with Crippen molar-refractivity contribution in [1.29, 1.82) is 0 Å². The zero-order chi connectivity index (χ0) is 17.4. The second-order valence-corrected chi connectivity index (χ2v) is 6.03. The van der Waals surface area contributed by atoms with Crippen LogP contribution in [0.25, 0.3) is 0 Å². The first kappa shape index (κ1) is 18.1. The van der Waals surface area contributed by atoms with Crippen LogP contribution in [0.3, 0.4) is 0 Å². The smallest absolute Gasteiger partial charge is 0.157 e. The van der Waals surface area contributed by atoms with E-state index in [1.165, 1.54) is 6.07 Å². The van der Waals surface area contributed by atoms with Crippen molar-refractivity contribution in [3.8, 4) is 17.2 Å². The number of nitrogens with zero attached hydrogens (tertiary/aromatic N) is 1. The largest absolute Gasteiger partial charge is 0.504 e. The van der Waals surface area contributed by atoms with E-state index < -0.39 is 0 Å². The summed E-state index contributed by atoms with van der Waals surface area (Å²) in [5.74, 6) is 0.811. The third-order valence-electron chi connectivity index (χ3n) is 4.06. The highest BCUT2D eigenvalue weighted by atomic mass is 16.5. The van der Waals surface area contributed by atoms with E-state index >= 15 is 0 Å². The number of benzene rings is 2. The Labute approximate surface area is 144 Å². The highest BCUT2D eigenvalue weighted by molar-refractivity contribution is 5.40. The van der Waals surface area contributed by atoms with Gasteiger partial charge < -0.3 is 14.9 Å². The maximum Gasteiger partial charge on any atom is 0.157 e. The summed E-state index contributed by atoms with van der Waals surface area (Å²) < 4.78 is 5.89. The average Bonchev–Trinajstić information content (AvgIpc) is 2.57. The minimum absolute atomic E-state index is 0.0579. The Bertz CT molecular complexity index is 643. The number of para-hydroxylation sites is 1. The third kappa shape index (κ3) is 5.46. The lowest BCUT2D eigenvalue weighted by atomic mass is 10.1. The number of phenolic OH excluding ortho intramolecular Hbond substituents is 2. The predicted octanol–water partition coefficient (Wildman–Crippen LogP) is 3.74. The minimum Gasteiger partial charge on any atom is -0.504 e. The molecule has 0 amide bonds. The molecule has 0 fully saturated rings. The fourth-order valence-electron chi connectivity index (χ4n) is 2.67. The number of hydrogen-bond donors (Lipinski definition) is 2. The van der Waals surface area contributed by atoms with Gasteiger partial charge in [-0.2, -0.15) is 0 Å². The molecule has 0 radical (unpaired) electrons. The minimum atomic E-state index is -0.0733. The standard InChI is InChI=1S/C20H27NO3/c1-3-11-21(12-10-17-8-9-18(22)19(23)15-17)13-14-24-20-7-5-4-6-16(20)2/h4-9,15,22-23H,3,10-14H2,1-2H3. The van der Waals surface area contributed by atoms with Crippen LogP contribution in [-0.2, 0) is 6.42 Å². The van der Waals surface area contributed by atoms with Crippen LogP contribution in [0.5, 0.6) is 17.2 Å². The van der Waals surface area contributed by atoms with E-state index in [0.29, 0.717) is 6.61 Å². The van der Waals surface area contributed by atoms with Crippen molar-refractivity contribution in [1.82, 2.24) is 4.90 Å². The molecule has 4 nitrogen and oxygen atoms in total. The molecule has 0 bridgehead atoms. The highest BCUT2D eigenvalue weighted by Gasteiger charge is 2.07. The van der Waals surface area contributed by atoms with Crippen molar-refractivity contribution < 1.29 is 14.9 Å². The first-order valence-corrected chi connectivity index (χ1v) is 8.51. The number of aromatic hydroxyl groups is 2. The molecule has 0 saturated carbocycles. The van der Waals surface area contributed by atoms with Crippen molar-refractivity contribution in [3.05, 3.63) is 53.6 Å². The lowest BCUT2D eigenvalue weighted by Gasteiger charge is -2.22. The number of rotatable bonds is 9. The molecule has 24 heavy (non-hydrogen) atoms. The molecular weight excluding hydrogens is 302 g/mol. The van der Waals surface area contributed by atoms with Gasteiger partial charge in [0, 0.05) is 13.1 Å². The molecule has 0 aliphatic heterocycles. The Morgan fingerprint density at radius 1 is 0.958 bits per heavy atom. The Kier molecular flexibility index (Phi) is 6.94. The fraction of sp³-hybridized carbons (Fsp3) is 0.400. The molecule has 2 aromatic carbocycles. The summed E-state index contributed by atoms with van der Waals surface area (Å²) in [5, 5.41) is 19.0. The van der Waals surface area contributed by atoms with Gasteiger partial charge in [0.05, 0.1) is 0 Å². The second-order valence-electron chi connectivity index (χ2n) is 6.03. The van der Waals surface area contributed by atoms with Gasteiger partial charge in [-0.3, -0.25) is 4.90 Å². The van der Waals surface area contributed by atoms with Gasteiger partial charge in [-0.05, 0) is 55.6 Å². The molecule has 4 heteroatoms. The molecule has 2 N–H and O–H groups in total. The van der Waals surface area contributed by atoms with Gasteiger partial charge in [0.2, 0.25) is 0 Å². The molecule has 0 aliphatic rings. The zero-order valence-corrected chi connectivity index (χ0v) is 14.5.